The molecule has 0 unspecified atom stereocenters. The number of aromatic nitrogens is 2. The molecule has 0 aliphatic carbocycles. The predicted molar refractivity (Wildman–Crippen MR) is 155 cm³/mol. The van der Waals surface area contributed by atoms with Gasteiger partial charge in [0.05, 0.1) is 5.69 Å². The molecule has 2 amide bonds. The van der Waals surface area contributed by atoms with Gasteiger partial charge in [-0.1, -0.05) is 32.9 Å². The van der Waals surface area contributed by atoms with E-state index in [1.54, 1.807) is 6.20 Å². The van der Waals surface area contributed by atoms with Gasteiger partial charge < -0.3 is 25.8 Å². The van der Waals surface area contributed by atoms with Crippen LogP contribution in [0.15, 0.2) is 60.8 Å². The number of carbonyl (C=O) groups is 2. The van der Waals surface area contributed by atoms with Crippen LogP contribution in [0.1, 0.15) is 33.6 Å². The Kier molecular flexibility index (Phi) is 7.41. The molecule has 2 saturated heterocycles. The first kappa shape index (κ1) is 26.5. The van der Waals surface area contributed by atoms with Gasteiger partial charge in [0, 0.05) is 67.0 Å². The first-order chi connectivity index (χ1) is 18.7. The second-order valence-corrected chi connectivity index (χ2v) is 11.3. The molecule has 2 aliphatic heterocycles. The number of anilines is 4. The fourth-order valence-electron chi connectivity index (χ4n) is 5.30. The number of nitrogens with two attached hydrogens (primary N) is 1. The van der Waals surface area contributed by atoms with Crippen LogP contribution in [-0.2, 0) is 9.59 Å². The highest BCUT2D eigenvalue weighted by Crippen LogP contribution is 2.29. The Balaban J connectivity index is 1.20. The Labute approximate surface area is 230 Å². The molecule has 9 heteroatoms. The van der Waals surface area contributed by atoms with Crippen molar-refractivity contribution >= 4 is 34.8 Å². The van der Waals surface area contributed by atoms with Gasteiger partial charge in [-0.2, -0.15) is 0 Å². The molecule has 2 aliphatic rings. The molecule has 3 N–H and O–H groups in total. The van der Waals surface area contributed by atoms with Gasteiger partial charge in [-0.3, -0.25) is 9.59 Å². The van der Waals surface area contributed by atoms with Crippen molar-refractivity contribution in [3.8, 4) is 11.3 Å². The second kappa shape index (κ2) is 10.9. The van der Waals surface area contributed by atoms with Gasteiger partial charge in [-0.25, -0.2) is 9.97 Å². The average Bonchev–Trinajstić information content (AvgIpc) is 3.44. The van der Waals surface area contributed by atoms with Crippen molar-refractivity contribution in [2.75, 3.05) is 47.8 Å². The van der Waals surface area contributed by atoms with E-state index in [1.165, 1.54) is 0 Å². The minimum atomic E-state index is -0.346. The van der Waals surface area contributed by atoms with Crippen LogP contribution in [0.25, 0.3) is 11.3 Å². The maximum absolute atomic E-state index is 12.6. The summed E-state index contributed by atoms with van der Waals surface area (Å²) in [6.45, 7) is 9.86. The van der Waals surface area contributed by atoms with Crippen LogP contribution >= 0.6 is 0 Å². The number of piperazine rings is 1. The maximum Gasteiger partial charge on any atom is 0.240 e. The summed E-state index contributed by atoms with van der Waals surface area (Å²) in [5, 5.41) is 3.30. The lowest BCUT2D eigenvalue weighted by molar-refractivity contribution is -0.139. The minimum Gasteiger partial charge on any atom is -0.368 e. The van der Waals surface area contributed by atoms with Gasteiger partial charge in [0.1, 0.15) is 6.04 Å². The molecule has 0 radical (unpaired) electrons. The van der Waals surface area contributed by atoms with Gasteiger partial charge >= 0.3 is 0 Å². The van der Waals surface area contributed by atoms with Crippen LogP contribution in [0.4, 0.5) is 23.0 Å². The molecule has 204 valence electrons. The summed E-state index contributed by atoms with van der Waals surface area (Å²) in [4.78, 5) is 39.8. The Bertz CT molecular complexity index is 1310. The highest BCUT2D eigenvalue weighted by atomic mass is 16.2. The first-order valence-electron chi connectivity index (χ1n) is 13.6. The maximum atomic E-state index is 12.6. The SMILES string of the molecule is CC(C)(C)C(=O)N1CCN(c2ccc(Nc3nccc(-c4ccc(N5CCC[C@@H]5C(N)=O)cc4)n3)cc2)CC1. The number of primary amides is 1. The number of nitrogens with one attached hydrogen (secondary N) is 1. The summed E-state index contributed by atoms with van der Waals surface area (Å²) in [6, 6.07) is 17.9. The van der Waals surface area contributed by atoms with E-state index in [4.69, 9.17) is 10.7 Å². The first-order valence-corrected chi connectivity index (χ1v) is 13.6. The van der Waals surface area contributed by atoms with E-state index < -0.39 is 0 Å². The van der Waals surface area contributed by atoms with Crippen molar-refractivity contribution in [1.29, 1.82) is 0 Å². The second-order valence-electron chi connectivity index (χ2n) is 11.3. The summed E-state index contributed by atoms with van der Waals surface area (Å²) in [5.74, 6) is 0.460. The lowest BCUT2D eigenvalue weighted by Gasteiger charge is -2.38. The molecule has 3 heterocycles. The molecule has 2 aromatic carbocycles. The van der Waals surface area contributed by atoms with E-state index in [0.29, 0.717) is 5.95 Å². The minimum absolute atomic E-state index is 0.211. The van der Waals surface area contributed by atoms with Gasteiger partial charge in [0.2, 0.25) is 17.8 Å². The van der Waals surface area contributed by atoms with Crippen molar-refractivity contribution in [2.24, 2.45) is 11.1 Å². The van der Waals surface area contributed by atoms with Crippen molar-refractivity contribution in [1.82, 2.24) is 14.9 Å². The van der Waals surface area contributed by atoms with Crippen molar-refractivity contribution in [3.05, 3.63) is 60.8 Å². The molecule has 3 aromatic rings. The van der Waals surface area contributed by atoms with Crippen molar-refractivity contribution < 1.29 is 9.59 Å². The largest absolute Gasteiger partial charge is 0.368 e. The van der Waals surface area contributed by atoms with Crippen LogP contribution < -0.4 is 20.9 Å². The third kappa shape index (κ3) is 5.97. The zero-order valence-electron chi connectivity index (χ0n) is 22.9. The van der Waals surface area contributed by atoms with Gasteiger partial charge in [0.25, 0.3) is 0 Å². The summed E-state index contributed by atoms with van der Waals surface area (Å²) in [6.07, 6.45) is 3.51. The van der Waals surface area contributed by atoms with Crippen LogP contribution in [0.3, 0.4) is 0 Å². The van der Waals surface area contributed by atoms with Gasteiger partial charge in [0.15, 0.2) is 0 Å². The molecule has 5 rings (SSSR count). The monoisotopic (exact) mass is 527 g/mol. The number of rotatable bonds is 6. The number of carbonyl (C=O) groups excluding carboxylic acids is 2. The lowest BCUT2D eigenvalue weighted by Crippen LogP contribution is -2.51. The summed E-state index contributed by atoms with van der Waals surface area (Å²) in [5.41, 5.74) is 10.0. The molecule has 2 fully saturated rings. The molecule has 9 nitrogen and oxygen atoms in total. The average molecular weight is 528 g/mol. The number of nitrogens with zero attached hydrogens (tertiary/aromatic N) is 5. The standard InChI is InChI=1S/C30H37N7O2/c1-30(2,3)28(39)36-19-17-35(18-20-36)23-12-8-22(9-13-23)33-29-32-15-14-25(34-29)21-6-10-24(11-7-21)37-16-4-5-26(37)27(31)38/h6-15,26H,4-5,16-20H2,1-3H3,(H2,31,38)(H,32,33,34)/t26-/m1/s1. The Morgan fingerprint density at radius 2 is 1.56 bits per heavy atom. The fraction of sp³-hybridized carbons (Fsp3) is 0.400. The molecular weight excluding hydrogens is 490 g/mol. The van der Waals surface area contributed by atoms with Crippen LogP contribution in [0.5, 0.6) is 0 Å². The van der Waals surface area contributed by atoms with E-state index in [9.17, 15) is 9.59 Å². The number of amides is 2. The fourth-order valence-corrected chi connectivity index (χ4v) is 5.30. The molecule has 1 atom stereocenters. The Hall–Kier alpha value is -4.14. The normalized spacial score (nSPS) is 17.8. The Morgan fingerprint density at radius 1 is 0.897 bits per heavy atom. The van der Waals surface area contributed by atoms with E-state index in [-0.39, 0.29) is 23.3 Å². The quantitative estimate of drug-likeness (QED) is 0.498. The molecule has 39 heavy (non-hydrogen) atoms. The molecular formula is C30H37N7O2. The van der Waals surface area contributed by atoms with Crippen LogP contribution in [0.2, 0.25) is 0 Å². The molecule has 0 saturated carbocycles. The zero-order valence-corrected chi connectivity index (χ0v) is 22.9. The highest BCUT2D eigenvalue weighted by molar-refractivity contribution is 5.84. The summed E-state index contributed by atoms with van der Waals surface area (Å²) >= 11 is 0. The highest BCUT2D eigenvalue weighted by Gasteiger charge is 2.30. The Morgan fingerprint density at radius 3 is 2.21 bits per heavy atom. The van der Waals surface area contributed by atoms with E-state index in [0.717, 1.165) is 73.9 Å². The van der Waals surface area contributed by atoms with E-state index in [1.807, 2.05) is 68.1 Å². The van der Waals surface area contributed by atoms with Crippen molar-refractivity contribution in [3.63, 3.8) is 0 Å². The van der Waals surface area contributed by atoms with Crippen molar-refractivity contribution in [2.45, 2.75) is 39.7 Å². The number of hydrogen-bond acceptors (Lipinski definition) is 7. The number of benzene rings is 2. The van der Waals surface area contributed by atoms with E-state index >= 15 is 0 Å². The molecule has 1 aromatic heterocycles. The topological polar surface area (TPSA) is 108 Å². The predicted octanol–water partition coefficient (Wildman–Crippen LogP) is 4.04. The number of hydrogen-bond donors (Lipinski definition) is 2. The van der Waals surface area contributed by atoms with Gasteiger partial charge in [-0.15, -0.1) is 0 Å². The third-order valence-corrected chi connectivity index (χ3v) is 7.43. The van der Waals surface area contributed by atoms with Gasteiger partial charge in [-0.05, 0) is 55.3 Å². The molecule has 0 bridgehead atoms. The summed E-state index contributed by atoms with van der Waals surface area (Å²) < 4.78 is 0. The lowest BCUT2D eigenvalue weighted by atomic mass is 9.94. The van der Waals surface area contributed by atoms with E-state index in [2.05, 4.69) is 32.2 Å². The zero-order chi connectivity index (χ0) is 27.6. The van der Waals surface area contributed by atoms with Crippen LogP contribution in [-0.4, -0.2) is 65.4 Å². The molecule has 0 spiro atoms. The van der Waals surface area contributed by atoms with Crippen LogP contribution in [0, 0.1) is 5.41 Å². The smallest absolute Gasteiger partial charge is 0.240 e. The third-order valence-electron chi connectivity index (χ3n) is 7.43. The summed E-state index contributed by atoms with van der Waals surface area (Å²) in [7, 11) is 0.